The molecule has 0 saturated heterocycles. The minimum absolute atomic E-state index is 0.249. The van der Waals surface area contributed by atoms with Crippen LogP contribution in [0.25, 0.3) is 0 Å². The zero-order valence-corrected chi connectivity index (χ0v) is 11.0. The van der Waals surface area contributed by atoms with Crippen molar-refractivity contribution in [1.29, 1.82) is 0 Å². The van der Waals surface area contributed by atoms with Gasteiger partial charge in [0.05, 0.1) is 0 Å². The molecule has 4 heteroatoms. The summed E-state index contributed by atoms with van der Waals surface area (Å²) < 4.78 is 0. The van der Waals surface area contributed by atoms with Gasteiger partial charge in [-0.3, -0.25) is 4.79 Å². The average Bonchev–Trinajstić information content (AvgIpc) is 2.45. The maximum atomic E-state index is 11.7. The van der Waals surface area contributed by atoms with Crippen molar-refractivity contribution in [1.82, 2.24) is 5.43 Å². The van der Waals surface area contributed by atoms with Crippen LogP contribution in [0.3, 0.4) is 0 Å². The lowest BCUT2D eigenvalue weighted by atomic mass is 10.2. The second kappa shape index (κ2) is 6.71. The fourth-order valence-corrected chi connectivity index (χ4v) is 1.66. The van der Waals surface area contributed by atoms with Crippen LogP contribution in [0, 0.1) is 0 Å². The third-order valence-corrected chi connectivity index (χ3v) is 2.79. The quantitative estimate of drug-likeness (QED) is 0.673. The minimum Gasteiger partial charge on any atom is -0.267 e. The van der Waals surface area contributed by atoms with Gasteiger partial charge in [0.15, 0.2) is 0 Å². The molecule has 2 aromatic rings. The number of hydrazone groups is 1. The maximum absolute atomic E-state index is 11.7. The molecule has 1 amide bonds. The number of nitrogens with zero attached hydrogens (tertiary/aromatic N) is 1. The molecule has 0 bridgehead atoms. The molecule has 0 atom stereocenters. The molecule has 2 rings (SSSR count). The molecular weight excluding hydrogens is 260 g/mol. The smallest absolute Gasteiger partial charge is 0.267 e. The second-order valence-corrected chi connectivity index (χ2v) is 4.39. The number of rotatable bonds is 4. The average molecular weight is 273 g/mol. The number of carbonyl (C=O) groups is 1. The van der Waals surface area contributed by atoms with E-state index in [9.17, 15) is 4.79 Å². The van der Waals surface area contributed by atoms with E-state index < -0.39 is 0 Å². The number of carbonyl (C=O) groups excluding carboxylic acids is 1. The topological polar surface area (TPSA) is 41.5 Å². The van der Waals surface area contributed by atoms with Crippen molar-refractivity contribution in [3.05, 3.63) is 70.7 Å². The Balaban J connectivity index is 1.85. The molecule has 0 aromatic heterocycles. The van der Waals surface area contributed by atoms with Crippen LogP contribution in [0.5, 0.6) is 0 Å². The summed E-state index contributed by atoms with van der Waals surface area (Å²) in [5.74, 6) is -0.249. The Hall–Kier alpha value is -2.13. The van der Waals surface area contributed by atoms with E-state index in [1.807, 2.05) is 30.3 Å². The summed E-state index contributed by atoms with van der Waals surface area (Å²) in [6.07, 6.45) is 2.35. The van der Waals surface area contributed by atoms with Gasteiger partial charge in [0.2, 0.25) is 0 Å². The van der Waals surface area contributed by atoms with Gasteiger partial charge in [-0.2, -0.15) is 5.10 Å². The summed E-state index contributed by atoms with van der Waals surface area (Å²) in [5, 5.41) is 4.51. The number of hydrogen-bond donors (Lipinski definition) is 1. The first-order valence-electron chi connectivity index (χ1n) is 5.87. The van der Waals surface area contributed by atoms with Gasteiger partial charge >= 0.3 is 0 Å². The Morgan fingerprint density at radius 2 is 1.79 bits per heavy atom. The molecule has 96 valence electrons. The van der Waals surface area contributed by atoms with Gasteiger partial charge < -0.3 is 0 Å². The lowest BCUT2D eigenvalue weighted by Gasteiger charge is -1.99. The molecule has 0 spiro atoms. The fourth-order valence-electron chi connectivity index (χ4n) is 1.54. The van der Waals surface area contributed by atoms with Crippen LogP contribution < -0.4 is 5.43 Å². The van der Waals surface area contributed by atoms with Crippen LogP contribution in [0.4, 0.5) is 0 Å². The van der Waals surface area contributed by atoms with Crippen LogP contribution in [0.15, 0.2) is 59.7 Å². The first-order chi connectivity index (χ1) is 9.25. The third kappa shape index (κ3) is 4.23. The van der Waals surface area contributed by atoms with Gasteiger partial charge in [-0.15, -0.1) is 0 Å². The van der Waals surface area contributed by atoms with Crippen molar-refractivity contribution in [3.63, 3.8) is 0 Å². The van der Waals surface area contributed by atoms with E-state index in [2.05, 4.69) is 10.5 Å². The molecule has 3 nitrogen and oxygen atoms in total. The molecule has 0 unspecified atom stereocenters. The van der Waals surface area contributed by atoms with Crippen molar-refractivity contribution in [3.8, 4) is 0 Å². The molecule has 19 heavy (non-hydrogen) atoms. The van der Waals surface area contributed by atoms with Crippen LogP contribution >= 0.6 is 11.6 Å². The van der Waals surface area contributed by atoms with E-state index in [1.54, 1.807) is 30.5 Å². The summed E-state index contributed by atoms with van der Waals surface area (Å²) in [4.78, 5) is 11.7. The van der Waals surface area contributed by atoms with Crippen LogP contribution in [-0.4, -0.2) is 12.1 Å². The van der Waals surface area contributed by atoms with E-state index >= 15 is 0 Å². The molecule has 0 aliphatic rings. The number of benzene rings is 2. The minimum atomic E-state index is -0.249. The van der Waals surface area contributed by atoms with Gasteiger partial charge in [-0.05, 0) is 29.8 Å². The van der Waals surface area contributed by atoms with Crippen LogP contribution in [0.1, 0.15) is 15.9 Å². The van der Waals surface area contributed by atoms with E-state index in [0.717, 1.165) is 5.56 Å². The predicted molar refractivity (Wildman–Crippen MR) is 77.6 cm³/mol. The molecule has 0 radical (unpaired) electrons. The highest BCUT2D eigenvalue weighted by atomic mass is 35.5. The number of nitrogens with one attached hydrogen (secondary N) is 1. The van der Waals surface area contributed by atoms with E-state index in [1.165, 1.54) is 0 Å². The lowest BCUT2D eigenvalue weighted by molar-refractivity contribution is 0.0955. The Bertz CT molecular complexity index is 564. The fraction of sp³-hybridized carbons (Fsp3) is 0.0667. The molecule has 0 saturated carbocycles. The molecule has 0 aliphatic heterocycles. The van der Waals surface area contributed by atoms with Gasteiger partial charge in [0.1, 0.15) is 0 Å². The third-order valence-electron chi connectivity index (χ3n) is 2.53. The molecule has 0 heterocycles. The summed E-state index contributed by atoms with van der Waals surface area (Å²) in [5.41, 5.74) is 4.15. The number of amides is 1. The number of hydrogen-bond acceptors (Lipinski definition) is 2. The highest BCUT2D eigenvalue weighted by Gasteiger charge is 2.02. The Morgan fingerprint density at radius 3 is 2.47 bits per heavy atom. The summed E-state index contributed by atoms with van der Waals surface area (Å²) in [6, 6.07) is 16.6. The summed E-state index contributed by atoms with van der Waals surface area (Å²) >= 11 is 5.75. The van der Waals surface area contributed by atoms with Crippen LogP contribution in [0.2, 0.25) is 5.02 Å². The zero-order valence-electron chi connectivity index (χ0n) is 10.2. The molecule has 0 fully saturated rings. The van der Waals surface area contributed by atoms with Crippen molar-refractivity contribution < 1.29 is 4.79 Å². The Labute approximate surface area is 116 Å². The van der Waals surface area contributed by atoms with Crippen molar-refractivity contribution >= 4 is 23.7 Å². The lowest BCUT2D eigenvalue weighted by Crippen LogP contribution is -2.17. The van der Waals surface area contributed by atoms with Gasteiger partial charge in [0.25, 0.3) is 5.91 Å². The zero-order chi connectivity index (χ0) is 13.5. The van der Waals surface area contributed by atoms with Crippen molar-refractivity contribution in [2.45, 2.75) is 6.42 Å². The van der Waals surface area contributed by atoms with Gasteiger partial charge in [-0.1, -0.05) is 41.9 Å². The Kier molecular flexibility index (Phi) is 4.70. The van der Waals surface area contributed by atoms with E-state index in [4.69, 9.17) is 11.6 Å². The van der Waals surface area contributed by atoms with E-state index in [-0.39, 0.29) is 5.91 Å². The monoisotopic (exact) mass is 272 g/mol. The van der Waals surface area contributed by atoms with Gasteiger partial charge in [0, 0.05) is 23.2 Å². The highest BCUT2D eigenvalue weighted by molar-refractivity contribution is 6.30. The molecular formula is C15H13ClN2O. The van der Waals surface area contributed by atoms with E-state index in [0.29, 0.717) is 17.0 Å². The highest BCUT2D eigenvalue weighted by Crippen LogP contribution is 2.09. The molecule has 1 N–H and O–H groups in total. The largest absolute Gasteiger partial charge is 0.271 e. The SMILES string of the molecule is O=C(NN=CCc1ccccc1)c1ccc(Cl)cc1. The molecule has 2 aromatic carbocycles. The Morgan fingerprint density at radius 1 is 1.11 bits per heavy atom. The second-order valence-electron chi connectivity index (χ2n) is 3.95. The van der Waals surface area contributed by atoms with Gasteiger partial charge in [-0.25, -0.2) is 5.43 Å². The first kappa shape index (κ1) is 13.3. The molecule has 0 aliphatic carbocycles. The van der Waals surface area contributed by atoms with Crippen molar-refractivity contribution in [2.24, 2.45) is 5.10 Å². The summed E-state index contributed by atoms with van der Waals surface area (Å²) in [6.45, 7) is 0. The number of halogens is 1. The van der Waals surface area contributed by atoms with Crippen molar-refractivity contribution in [2.75, 3.05) is 0 Å². The predicted octanol–water partition coefficient (Wildman–Crippen LogP) is 3.30. The van der Waals surface area contributed by atoms with Crippen LogP contribution in [-0.2, 0) is 6.42 Å². The standard InChI is InChI=1S/C15H13ClN2O/c16-14-8-6-13(7-9-14)15(19)18-17-11-10-12-4-2-1-3-5-12/h1-9,11H,10H2,(H,18,19). The first-order valence-corrected chi connectivity index (χ1v) is 6.25. The normalized spacial score (nSPS) is 10.6. The maximum Gasteiger partial charge on any atom is 0.271 e. The summed E-state index contributed by atoms with van der Waals surface area (Å²) in [7, 11) is 0.